The molecule has 7 nitrogen and oxygen atoms in total. The number of ether oxygens (including phenoxy) is 1. The third kappa shape index (κ3) is 4.34. The van der Waals surface area contributed by atoms with Gasteiger partial charge < -0.3 is 20.5 Å². The summed E-state index contributed by atoms with van der Waals surface area (Å²) in [7, 11) is 0. The number of amides is 3. The van der Waals surface area contributed by atoms with Gasteiger partial charge in [-0.05, 0) is 67.6 Å². The predicted molar refractivity (Wildman–Crippen MR) is 131 cm³/mol. The topological polar surface area (TPSA) is 90.9 Å². The zero-order valence-electron chi connectivity index (χ0n) is 19.1. The third-order valence-corrected chi connectivity index (χ3v) is 7.36. The molecule has 8 heteroatoms. The van der Waals surface area contributed by atoms with Crippen LogP contribution in [0, 0.1) is 11.8 Å². The second kappa shape index (κ2) is 9.35. The van der Waals surface area contributed by atoms with Crippen LogP contribution in [-0.2, 0) is 10.5 Å². The molecule has 0 spiro atoms. The van der Waals surface area contributed by atoms with Crippen molar-refractivity contribution in [2.24, 2.45) is 11.8 Å². The maximum atomic E-state index is 13.8. The highest BCUT2D eigenvalue weighted by Crippen LogP contribution is 2.42. The molecule has 1 fully saturated rings. The highest BCUT2D eigenvalue weighted by atomic mass is 79.9. The van der Waals surface area contributed by atoms with Gasteiger partial charge in [0.05, 0.1) is 12.3 Å². The van der Waals surface area contributed by atoms with E-state index < -0.39 is 17.7 Å². The zero-order chi connectivity index (χ0) is 23.8. The lowest BCUT2D eigenvalue weighted by molar-refractivity contribution is -0.141. The van der Waals surface area contributed by atoms with E-state index in [1.165, 1.54) is 0 Å². The summed E-state index contributed by atoms with van der Waals surface area (Å²) in [6.45, 7) is 6.71. The van der Waals surface area contributed by atoms with Gasteiger partial charge in [-0.15, -0.1) is 0 Å². The number of nitrogens with zero attached hydrogens (tertiary/aromatic N) is 1. The molecule has 33 heavy (non-hydrogen) atoms. The molecule has 1 aliphatic heterocycles. The van der Waals surface area contributed by atoms with Crippen molar-refractivity contribution in [2.75, 3.05) is 16.8 Å². The second-order valence-corrected chi connectivity index (χ2v) is 9.82. The summed E-state index contributed by atoms with van der Waals surface area (Å²) in [4.78, 5) is 28.1. The van der Waals surface area contributed by atoms with E-state index in [0.29, 0.717) is 39.7 Å². The number of benzene rings is 2. The number of nitrogens with one attached hydrogen (secondary N) is 2. The van der Waals surface area contributed by atoms with Gasteiger partial charge in [-0.2, -0.15) is 0 Å². The number of hydrogen-bond donors (Lipinski definition) is 3. The Morgan fingerprint density at radius 1 is 1.24 bits per heavy atom. The van der Waals surface area contributed by atoms with Crippen molar-refractivity contribution >= 4 is 39.2 Å². The number of carbonyl (C=O) groups excluding carboxylic acids is 2. The molecule has 2 aromatic rings. The Bertz CT molecular complexity index is 1040. The molecule has 2 aliphatic rings. The second-order valence-electron chi connectivity index (χ2n) is 8.90. The van der Waals surface area contributed by atoms with Crippen LogP contribution in [0.5, 0.6) is 5.75 Å². The number of anilines is 2. The third-order valence-electron chi connectivity index (χ3n) is 6.87. The predicted octanol–water partition coefficient (Wildman–Crippen LogP) is 4.99. The van der Waals surface area contributed by atoms with Gasteiger partial charge >= 0.3 is 6.03 Å². The van der Waals surface area contributed by atoms with Crippen LogP contribution in [0.15, 0.2) is 46.9 Å². The first-order chi connectivity index (χ1) is 15.8. The van der Waals surface area contributed by atoms with E-state index >= 15 is 0 Å². The van der Waals surface area contributed by atoms with Crippen LogP contribution in [0.3, 0.4) is 0 Å². The maximum Gasteiger partial charge on any atom is 0.329 e. The van der Waals surface area contributed by atoms with E-state index in [-0.39, 0.29) is 12.0 Å². The van der Waals surface area contributed by atoms with Crippen molar-refractivity contribution in [3.05, 3.63) is 52.5 Å². The smallest absolute Gasteiger partial charge is 0.329 e. The molecule has 0 radical (unpaired) electrons. The zero-order valence-corrected chi connectivity index (χ0v) is 20.7. The van der Waals surface area contributed by atoms with Gasteiger partial charge in [0.1, 0.15) is 5.75 Å². The van der Waals surface area contributed by atoms with Gasteiger partial charge in [0.15, 0.2) is 0 Å². The van der Waals surface area contributed by atoms with E-state index in [1.807, 2.05) is 6.92 Å². The molecular weight excluding hydrogens is 486 g/mol. The van der Waals surface area contributed by atoms with Crippen molar-refractivity contribution in [3.8, 4) is 5.75 Å². The molecule has 4 atom stereocenters. The fourth-order valence-corrected chi connectivity index (χ4v) is 5.15. The van der Waals surface area contributed by atoms with Crippen LogP contribution >= 0.6 is 15.9 Å². The normalized spacial score (nSPS) is 26.9. The van der Waals surface area contributed by atoms with E-state index in [2.05, 4.69) is 40.4 Å². The first kappa shape index (κ1) is 23.6. The Morgan fingerprint density at radius 3 is 2.67 bits per heavy atom. The lowest BCUT2D eigenvalue weighted by Crippen LogP contribution is -2.64. The fraction of sp³-hybridized carbons (Fsp3) is 0.440. The number of aliphatic hydroxyl groups is 1. The number of hydrogen-bond acceptors (Lipinski definition) is 4. The largest absolute Gasteiger partial charge is 0.494 e. The van der Waals surface area contributed by atoms with Crippen LogP contribution in [0.1, 0.15) is 45.6 Å². The monoisotopic (exact) mass is 515 g/mol. The van der Waals surface area contributed by atoms with Gasteiger partial charge in [0.25, 0.3) is 11.6 Å². The highest BCUT2D eigenvalue weighted by molar-refractivity contribution is 9.10. The van der Waals surface area contributed by atoms with Gasteiger partial charge in [0.2, 0.25) is 0 Å². The highest BCUT2D eigenvalue weighted by Gasteiger charge is 2.53. The summed E-state index contributed by atoms with van der Waals surface area (Å²) in [5, 5.41) is 17.9. The molecule has 3 N–H and O–H groups in total. The first-order valence-corrected chi connectivity index (χ1v) is 12.2. The van der Waals surface area contributed by atoms with E-state index in [0.717, 1.165) is 24.2 Å². The molecular formula is C25H30BrN3O4. The van der Waals surface area contributed by atoms with Crippen LogP contribution in [0.4, 0.5) is 16.2 Å². The van der Waals surface area contributed by atoms with E-state index in [1.54, 1.807) is 42.5 Å². The first-order valence-electron chi connectivity index (χ1n) is 11.4. The minimum Gasteiger partial charge on any atom is -0.494 e. The Labute approximate surface area is 202 Å². The number of fused-ring (bicyclic) bond motifs is 1. The van der Waals surface area contributed by atoms with Crippen molar-refractivity contribution in [1.29, 1.82) is 0 Å². The molecule has 1 aliphatic carbocycles. The SMILES string of the molecule is CCOc1ccc(N2C(=O)Nc3ccc(Br)cc3[C@]2(O)C(=O)N[C@@H]2CCC[C@H](C)[C@@H]2C)cc1. The summed E-state index contributed by atoms with van der Waals surface area (Å²) in [5.41, 5.74) is -1.15. The molecule has 0 bridgehead atoms. The summed E-state index contributed by atoms with van der Waals surface area (Å²) >= 11 is 3.43. The number of halogens is 1. The Kier molecular flexibility index (Phi) is 6.68. The van der Waals surface area contributed by atoms with Gasteiger partial charge in [-0.3, -0.25) is 9.69 Å². The lowest BCUT2D eigenvalue weighted by atomic mass is 9.78. The van der Waals surface area contributed by atoms with Crippen molar-refractivity contribution in [2.45, 2.75) is 51.8 Å². The average molecular weight is 516 g/mol. The standard InChI is InChI=1S/C25H30BrN3O4/c1-4-33-19-11-9-18(10-12-19)29-24(31)28-22-13-8-17(26)14-20(22)25(29,32)23(30)27-21-7-5-6-15(2)16(21)3/h8-16,21,32H,4-7H2,1-3H3,(H,27,30)(H,28,31)/t15-,16-,21+,25-/m0/s1. The van der Waals surface area contributed by atoms with Gasteiger partial charge in [0, 0.05) is 21.8 Å². The molecule has 176 valence electrons. The van der Waals surface area contributed by atoms with Gasteiger partial charge in [-0.1, -0.05) is 42.6 Å². The summed E-state index contributed by atoms with van der Waals surface area (Å²) in [5.74, 6) is 0.762. The molecule has 4 rings (SSSR count). The average Bonchev–Trinajstić information content (AvgIpc) is 2.79. The fourth-order valence-electron chi connectivity index (χ4n) is 4.79. The van der Waals surface area contributed by atoms with Crippen molar-refractivity contribution in [1.82, 2.24) is 5.32 Å². The Hall–Kier alpha value is -2.58. The lowest BCUT2D eigenvalue weighted by Gasteiger charge is -2.44. The molecule has 1 saturated carbocycles. The van der Waals surface area contributed by atoms with E-state index in [4.69, 9.17) is 4.74 Å². The molecule has 0 saturated heterocycles. The van der Waals surface area contributed by atoms with Crippen LogP contribution < -0.4 is 20.3 Å². The van der Waals surface area contributed by atoms with Crippen LogP contribution in [0.2, 0.25) is 0 Å². The number of rotatable bonds is 5. The minimum absolute atomic E-state index is 0.0759. The van der Waals surface area contributed by atoms with E-state index in [9.17, 15) is 14.7 Å². The summed E-state index contributed by atoms with van der Waals surface area (Å²) < 4.78 is 6.19. The summed E-state index contributed by atoms with van der Waals surface area (Å²) in [6.07, 6.45) is 2.97. The molecule has 0 unspecified atom stereocenters. The Morgan fingerprint density at radius 2 is 1.97 bits per heavy atom. The molecule has 3 amide bonds. The number of carbonyl (C=O) groups is 2. The quantitative estimate of drug-likeness (QED) is 0.523. The van der Waals surface area contributed by atoms with Crippen molar-refractivity contribution in [3.63, 3.8) is 0 Å². The summed E-state index contributed by atoms with van der Waals surface area (Å²) in [6, 6.07) is 11.2. The molecule has 1 heterocycles. The molecule has 2 aromatic carbocycles. The number of urea groups is 1. The van der Waals surface area contributed by atoms with Crippen LogP contribution in [0.25, 0.3) is 0 Å². The Balaban J connectivity index is 1.77. The van der Waals surface area contributed by atoms with Gasteiger partial charge in [-0.25, -0.2) is 4.79 Å². The van der Waals surface area contributed by atoms with Crippen LogP contribution in [-0.4, -0.2) is 29.7 Å². The maximum absolute atomic E-state index is 13.8. The molecule has 0 aromatic heterocycles. The minimum atomic E-state index is -2.23. The van der Waals surface area contributed by atoms with Crippen molar-refractivity contribution < 1.29 is 19.4 Å².